The number of benzene rings is 2. The summed E-state index contributed by atoms with van der Waals surface area (Å²) in [5.74, 6) is -0.263. The molecule has 0 saturated heterocycles. The molecule has 0 aliphatic rings. The zero-order valence-corrected chi connectivity index (χ0v) is 13.7. The van der Waals surface area contributed by atoms with Gasteiger partial charge in [-0.1, -0.05) is 51.3 Å². The minimum atomic E-state index is -0.788. The summed E-state index contributed by atoms with van der Waals surface area (Å²) in [7, 11) is 0. The van der Waals surface area contributed by atoms with E-state index in [0.29, 0.717) is 22.2 Å². The van der Waals surface area contributed by atoms with Crippen LogP contribution in [0.5, 0.6) is 0 Å². The molecule has 0 spiro atoms. The van der Waals surface area contributed by atoms with E-state index in [0.717, 1.165) is 10.0 Å². The van der Waals surface area contributed by atoms with Crippen molar-refractivity contribution in [2.24, 2.45) is 5.73 Å². The Labute approximate surface area is 136 Å². The third-order valence-corrected chi connectivity index (χ3v) is 4.26. The molecule has 20 heavy (non-hydrogen) atoms. The van der Waals surface area contributed by atoms with Crippen molar-refractivity contribution in [3.05, 3.63) is 68.1 Å². The normalized spacial score (nSPS) is 14.1. The van der Waals surface area contributed by atoms with Crippen molar-refractivity contribution in [2.45, 2.75) is 12.0 Å². The molecule has 2 nitrogen and oxygen atoms in total. The molecular weight excluding hydrogens is 361 g/mol. The lowest BCUT2D eigenvalue weighted by Gasteiger charge is -2.23. The fourth-order valence-electron chi connectivity index (χ4n) is 2.14. The molecule has 0 bridgehead atoms. The average molecular weight is 375 g/mol. The minimum Gasteiger partial charge on any atom is -0.388 e. The van der Waals surface area contributed by atoms with Crippen LogP contribution in [0.3, 0.4) is 0 Å². The van der Waals surface area contributed by atoms with Crippen LogP contribution in [0.1, 0.15) is 23.1 Å². The molecule has 106 valence electrons. The van der Waals surface area contributed by atoms with E-state index in [9.17, 15) is 5.11 Å². The fourth-order valence-corrected chi connectivity index (χ4v) is 2.95. The highest BCUT2D eigenvalue weighted by atomic mass is 79.9. The maximum atomic E-state index is 10.6. The van der Waals surface area contributed by atoms with Crippen LogP contribution < -0.4 is 5.73 Å². The topological polar surface area (TPSA) is 46.2 Å². The molecule has 2 atom stereocenters. The minimum absolute atomic E-state index is 0.263. The Morgan fingerprint density at radius 2 is 1.90 bits per heavy atom. The molecule has 2 aromatic carbocycles. The summed E-state index contributed by atoms with van der Waals surface area (Å²) in [6.45, 7) is 0.296. The van der Waals surface area contributed by atoms with Gasteiger partial charge in [-0.3, -0.25) is 0 Å². The van der Waals surface area contributed by atoms with Crippen molar-refractivity contribution in [3.63, 3.8) is 0 Å². The largest absolute Gasteiger partial charge is 0.388 e. The molecule has 0 saturated carbocycles. The van der Waals surface area contributed by atoms with E-state index in [1.807, 2.05) is 24.3 Å². The van der Waals surface area contributed by atoms with Gasteiger partial charge in [0.2, 0.25) is 0 Å². The number of hydrogen-bond donors (Lipinski definition) is 2. The zero-order valence-electron chi connectivity index (χ0n) is 10.6. The SMILES string of the molecule is NCC(c1cccc(Cl)c1)C(O)c1cc(Br)ccc1Cl. The first-order valence-corrected chi connectivity index (χ1v) is 7.66. The van der Waals surface area contributed by atoms with Gasteiger partial charge < -0.3 is 10.8 Å². The maximum Gasteiger partial charge on any atom is 0.0885 e. The average Bonchev–Trinajstić information content (AvgIpc) is 2.42. The standard InChI is InChI=1S/C15H14BrCl2NO/c16-10-4-5-14(18)12(7-10)15(20)13(8-19)9-2-1-3-11(17)6-9/h1-7,13,15,20H,8,19H2. The van der Waals surface area contributed by atoms with Gasteiger partial charge in [-0.2, -0.15) is 0 Å². The first kappa shape index (κ1) is 15.8. The molecule has 0 fully saturated rings. The first-order chi connectivity index (χ1) is 9.52. The third kappa shape index (κ3) is 3.54. The third-order valence-electron chi connectivity index (χ3n) is 3.19. The van der Waals surface area contributed by atoms with E-state index in [-0.39, 0.29) is 5.92 Å². The predicted octanol–water partition coefficient (Wildman–Crippen LogP) is 4.53. The van der Waals surface area contributed by atoms with Gasteiger partial charge >= 0.3 is 0 Å². The molecule has 2 unspecified atom stereocenters. The summed E-state index contributed by atoms with van der Waals surface area (Å²) in [5.41, 5.74) is 7.37. The van der Waals surface area contributed by atoms with Crippen LogP contribution in [0.2, 0.25) is 10.0 Å². The number of hydrogen-bond acceptors (Lipinski definition) is 2. The van der Waals surface area contributed by atoms with Crippen LogP contribution in [0.25, 0.3) is 0 Å². The van der Waals surface area contributed by atoms with Gasteiger partial charge in [-0.15, -0.1) is 0 Å². The highest BCUT2D eigenvalue weighted by Crippen LogP contribution is 2.36. The van der Waals surface area contributed by atoms with Crippen LogP contribution in [0.15, 0.2) is 46.9 Å². The number of aliphatic hydroxyl groups excluding tert-OH is 1. The Balaban J connectivity index is 2.38. The summed E-state index contributed by atoms with van der Waals surface area (Å²) < 4.78 is 0.859. The number of aliphatic hydroxyl groups is 1. The first-order valence-electron chi connectivity index (χ1n) is 6.11. The van der Waals surface area contributed by atoms with E-state index < -0.39 is 6.10 Å². The highest BCUT2D eigenvalue weighted by Gasteiger charge is 2.23. The Morgan fingerprint density at radius 3 is 2.55 bits per heavy atom. The zero-order chi connectivity index (χ0) is 14.7. The predicted molar refractivity (Wildman–Crippen MR) is 87.4 cm³/mol. The van der Waals surface area contributed by atoms with Crippen molar-refractivity contribution in [1.29, 1.82) is 0 Å². The quantitative estimate of drug-likeness (QED) is 0.825. The number of halogens is 3. The molecule has 5 heteroatoms. The Kier molecular flexibility index (Phi) is 5.47. The molecule has 3 N–H and O–H groups in total. The Hall–Kier alpha value is -0.580. The number of rotatable bonds is 4. The van der Waals surface area contributed by atoms with Crippen LogP contribution in [-0.2, 0) is 0 Å². The summed E-state index contributed by atoms with van der Waals surface area (Å²) >= 11 is 15.5. The van der Waals surface area contributed by atoms with E-state index in [2.05, 4.69) is 15.9 Å². The molecule has 0 aliphatic carbocycles. The van der Waals surface area contributed by atoms with Crippen LogP contribution in [-0.4, -0.2) is 11.7 Å². The van der Waals surface area contributed by atoms with Gasteiger partial charge in [0.15, 0.2) is 0 Å². The van der Waals surface area contributed by atoms with Gasteiger partial charge in [-0.25, -0.2) is 0 Å². The smallest absolute Gasteiger partial charge is 0.0885 e. The molecule has 2 rings (SSSR count). The van der Waals surface area contributed by atoms with Crippen molar-refractivity contribution in [2.75, 3.05) is 6.54 Å². The van der Waals surface area contributed by atoms with Crippen LogP contribution in [0.4, 0.5) is 0 Å². The van der Waals surface area contributed by atoms with Gasteiger partial charge in [0, 0.05) is 32.5 Å². The van der Waals surface area contributed by atoms with Crippen molar-refractivity contribution in [3.8, 4) is 0 Å². The second-order valence-electron chi connectivity index (χ2n) is 4.51. The summed E-state index contributed by atoms with van der Waals surface area (Å²) in [6, 6.07) is 12.7. The van der Waals surface area contributed by atoms with E-state index >= 15 is 0 Å². The lowest BCUT2D eigenvalue weighted by atomic mass is 9.89. The lowest BCUT2D eigenvalue weighted by Crippen LogP contribution is -2.20. The van der Waals surface area contributed by atoms with Crippen molar-refractivity contribution < 1.29 is 5.11 Å². The molecule has 0 radical (unpaired) electrons. The van der Waals surface area contributed by atoms with Gasteiger partial charge in [0.25, 0.3) is 0 Å². The monoisotopic (exact) mass is 373 g/mol. The molecule has 0 aromatic heterocycles. The Bertz CT molecular complexity index is 606. The Morgan fingerprint density at radius 1 is 1.15 bits per heavy atom. The van der Waals surface area contributed by atoms with E-state index in [4.69, 9.17) is 28.9 Å². The van der Waals surface area contributed by atoms with Crippen molar-refractivity contribution in [1.82, 2.24) is 0 Å². The molecule has 0 amide bonds. The molecule has 0 aliphatic heterocycles. The van der Waals surface area contributed by atoms with Gasteiger partial charge in [0.1, 0.15) is 0 Å². The van der Waals surface area contributed by atoms with Gasteiger partial charge in [-0.05, 0) is 35.9 Å². The fraction of sp³-hybridized carbons (Fsp3) is 0.200. The maximum absolute atomic E-state index is 10.6. The molecular formula is C15H14BrCl2NO. The van der Waals surface area contributed by atoms with Crippen LogP contribution in [0, 0.1) is 0 Å². The summed E-state index contributed by atoms with van der Waals surface area (Å²) in [5, 5.41) is 11.7. The van der Waals surface area contributed by atoms with E-state index in [1.54, 1.807) is 18.2 Å². The van der Waals surface area contributed by atoms with Gasteiger partial charge in [0.05, 0.1) is 6.10 Å². The second-order valence-corrected chi connectivity index (χ2v) is 6.27. The molecule has 0 heterocycles. The second kappa shape index (κ2) is 6.92. The number of nitrogens with two attached hydrogens (primary N) is 1. The van der Waals surface area contributed by atoms with Crippen LogP contribution >= 0.6 is 39.1 Å². The van der Waals surface area contributed by atoms with Crippen molar-refractivity contribution >= 4 is 39.1 Å². The highest BCUT2D eigenvalue weighted by molar-refractivity contribution is 9.10. The summed E-state index contributed by atoms with van der Waals surface area (Å²) in [6.07, 6.45) is -0.788. The van der Waals surface area contributed by atoms with E-state index in [1.165, 1.54) is 0 Å². The summed E-state index contributed by atoms with van der Waals surface area (Å²) in [4.78, 5) is 0. The lowest BCUT2D eigenvalue weighted by molar-refractivity contribution is 0.147. The molecule has 2 aromatic rings.